The number of hydrogen-bond donors (Lipinski definition) is 1. The zero-order chi connectivity index (χ0) is 9.40. The Morgan fingerprint density at radius 2 is 2.00 bits per heavy atom. The van der Waals surface area contributed by atoms with Gasteiger partial charge in [0.1, 0.15) is 0 Å². The first-order valence-corrected chi connectivity index (χ1v) is 4.07. The summed E-state index contributed by atoms with van der Waals surface area (Å²) in [5.41, 5.74) is 0. The second kappa shape index (κ2) is 12.8. The van der Waals surface area contributed by atoms with E-state index in [-0.39, 0.29) is 39.2 Å². The second-order valence-corrected chi connectivity index (χ2v) is 2.53. The predicted molar refractivity (Wildman–Crippen MR) is 52.7 cm³/mol. The summed E-state index contributed by atoms with van der Waals surface area (Å²) in [5.74, 6) is 0.0459. The molecule has 1 N–H and O–H groups in total. The smallest absolute Gasteiger partial charge is 0.219 e. The van der Waals surface area contributed by atoms with Gasteiger partial charge in [-0.3, -0.25) is 4.79 Å². The molecule has 0 aromatic heterocycles. The molecule has 0 heterocycles. The average molecular weight is 231 g/mol. The van der Waals surface area contributed by atoms with Gasteiger partial charge in [-0.1, -0.05) is 6.92 Å². The van der Waals surface area contributed by atoms with Gasteiger partial charge in [-0.15, -0.1) is 0 Å². The number of amides is 2. The molecule has 0 unspecified atom stereocenters. The molecule has 0 saturated heterocycles. The average Bonchev–Trinajstić information content (AvgIpc) is 2.03. The van der Waals surface area contributed by atoms with Crippen LogP contribution in [0.25, 0.3) is 0 Å². The fourth-order valence-corrected chi connectivity index (χ4v) is 0.939. The molecule has 81 valence electrons. The van der Waals surface area contributed by atoms with Gasteiger partial charge in [0.25, 0.3) is 0 Å². The van der Waals surface area contributed by atoms with Gasteiger partial charge in [0.2, 0.25) is 5.91 Å². The molecule has 0 fully saturated rings. The van der Waals surface area contributed by atoms with Crippen LogP contribution < -0.4 is 5.32 Å². The van der Waals surface area contributed by atoms with Crippen LogP contribution >= 0.6 is 0 Å². The van der Waals surface area contributed by atoms with Crippen molar-refractivity contribution in [3.63, 3.8) is 0 Å². The first-order valence-electron chi connectivity index (χ1n) is 4.07. The molecule has 0 saturated carbocycles. The number of hydrogen-bond acceptors (Lipinski definition) is 2. The molecule has 5 heteroatoms. The molecule has 0 aliphatic carbocycles. The Kier molecular flexibility index (Phi) is 17.7. The monoisotopic (exact) mass is 231 g/mol. The maximum absolute atomic E-state index is 10.9. The van der Waals surface area contributed by atoms with E-state index in [0.717, 1.165) is 13.0 Å². The van der Waals surface area contributed by atoms with Crippen LogP contribution in [0.1, 0.15) is 20.3 Å². The van der Waals surface area contributed by atoms with Crippen LogP contribution in [0.5, 0.6) is 0 Å². The van der Waals surface area contributed by atoms with Crippen LogP contribution in [-0.4, -0.2) is 36.9 Å². The minimum absolute atomic E-state index is 0. The van der Waals surface area contributed by atoms with Crippen molar-refractivity contribution in [2.75, 3.05) is 19.6 Å². The third-order valence-electron chi connectivity index (χ3n) is 1.52. The Morgan fingerprint density at radius 3 is 2.36 bits per heavy atom. The van der Waals surface area contributed by atoms with Gasteiger partial charge in [-0.2, -0.15) is 6.41 Å². The Bertz CT molecular complexity index is 154. The fourth-order valence-electron chi connectivity index (χ4n) is 0.939. The normalized spacial score (nSPS) is 7.86. The van der Waals surface area contributed by atoms with E-state index in [0.29, 0.717) is 13.1 Å². The van der Waals surface area contributed by atoms with Crippen molar-refractivity contribution >= 4 is 12.3 Å². The molecule has 1 radical (unpaired) electrons. The number of carbonyl (C=O) groups excluding carboxylic acids is 2. The number of rotatable bonds is 6. The summed E-state index contributed by atoms with van der Waals surface area (Å²) < 4.78 is 0. The molecular formula is C9H18N2O2Sc-2. The Hall–Kier alpha value is -0.190. The number of carbonyl (C=O) groups is 1. The van der Waals surface area contributed by atoms with Crippen LogP contribution in [0.3, 0.4) is 0 Å². The number of nitrogens with one attached hydrogen (secondary N) is 1. The van der Waals surface area contributed by atoms with Gasteiger partial charge in [0.05, 0.1) is 0 Å². The van der Waals surface area contributed by atoms with Gasteiger partial charge in [0, 0.05) is 52.4 Å². The maximum atomic E-state index is 10.9. The van der Waals surface area contributed by atoms with Crippen LogP contribution in [-0.2, 0) is 35.4 Å². The predicted octanol–water partition coefficient (Wildman–Crippen LogP) is 0.349. The number of nitrogens with zero attached hydrogens (tertiary/aromatic N) is 1. The largest absolute Gasteiger partial charge is 0.528 e. The van der Waals surface area contributed by atoms with Crippen LogP contribution in [0.15, 0.2) is 0 Å². The molecule has 2 amide bonds. The van der Waals surface area contributed by atoms with E-state index in [1.54, 1.807) is 11.3 Å². The molecule has 0 aliphatic rings. The first-order chi connectivity index (χ1) is 5.72. The zero-order valence-corrected chi connectivity index (χ0v) is 11.0. The van der Waals surface area contributed by atoms with Gasteiger partial charge >= 0.3 is 0 Å². The summed E-state index contributed by atoms with van der Waals surface area (Å²) >= 11 is 0. The zero-order valence-electron chi connectivity index (χ0n) is 9.17. The SMILES string of the molecule is CCCN(CCN[C-]=O)C(C)=O.[CH3-].[Sc]. The van der Waals surface area contributed by atoms with Crippen LogP contribution in [0, 0.1) is 7.43 Å². The van der Waals surface area contributed by atoms with E-state index in [9.17, 15) is 9.59 Å². The Labute approximate surface area is 105 Å². The van der Waals surface area contributed by atoms with E-state index in [2.05, 4.69) is 5.32 Å². The molecule has 4 nitrogen and oxygen atoms in total. The fraction of sp³-hybridized carbons (Fsp3) is 0.667. The molecule has 0 aliphatic heterocycles. The van der Waals surface area contributed by atoms with Gasteiger partial charge in [-0.25, -0.2) is 0 Å². The summed E-state index contributed by atoms with van der Waals surface area (Å²) in [7, 11) is 0. The van der Waals surface area contributed by atoms with E-state index >= 15 is 0 Å². The minimum Gasteiger partial charge on any atom is -0.528 e. The van der Waals surface area contributed by atoms with Crippen LogP contribution in [0.2, 0.25) is 0 Å². The molecule has 0 bridgehead atoms. The van der Waals surface area contributed by atoms with Crippen molar-refractivity contribution < 1.29 is 35.4 Å². The molecule has 0 spiro atoms. The third kappa shape index (κ3) is 9.89. The molecule has 0 aromatic carbocycles. The molecule has 14 heavy (non-hydrogen) atoms. The summed E-state index contributed by atoms with van der Waals surface area (Å²) in [4.78, 5) is 22.4. The molecule has 0 rings (SSSR count). The first kappa shape index (κ1) is 19.4. The summed E-state index contributed by atoms with van der Waals surface area (Å²) in [6.07, 6.45) is 2.50. The quantitative estimate of drug-likeness (QED) is 0.407. The van der Waals surface area contributed by atoms with Crippen molar-refractivity contribution in [1.29, 1.82) is 0 Å². The molecule has 0 aromatic rings. The van der Waals surface area contributed by atoms with E-state index < -0.39 is 0 Å². The summed E-state index contributed by atoms with van der Waals surface area (Å²) in [6.45, 7) is 5.33. The Morgan fingerprint density at radius 1 is 1.43 bits per heavy atom. The van der Waals surface area contributed by atoms with E-state index in [1.807, 2.05) is 6.92 Å². The molecule has 0 atom stereocenters. The van der Waals surface area contributed by atoms with Crippen molar-refractivity contribution in [3.8, 4) is 0 Å². The van der Waals surface area contributed by atoms with Crippen molar-refractivity contribution in [2.24, 2.45) is 0 Å². The maximum Gasteiger partial charge on any atom is 0.219 e. The van der Waals surface area contributed by atoms with Gasteiger partial charge in [0.15, 0.2) is 0 Å². The Balaban J connectivity index is -0.000000605. The van der Waals surface area contributed by atoms with E-state index in [1.165, 1.54) is 6.92 Å². The third-order valence-corrected chi connectivity index (χ3v) is 1.52. The molecular weight excluding hydrogens is 213 g/mol. The summed E-state index contributed by atoms with van der Waals surface area (Å²) in [6, 6.07) is 0. The van der Waals surface area contributed by atoms with E-state index in [4.69, 9.17) is 0 Å². The van der Waals surface area contributed by atoms with Gasteiger partial charge < -0.3 is 22.4 Å². The second-order valence-electron chi connectivity index (χ2n) is 2.53. The minimum atomic E-state index is 0. The van der Waals surface area contributed by atoms with Crippen molar-refractivity contribution in [2.45, 2.75) is 20.3 Å². The topological polar surface area (TPSA) is 49.4 Å². The van der Waals surface area contributed by atoms with Crippen molar-refractivity contribution in [3.05, 3.63) is 7.43 Å². The summed E-state index contributed by atoms with van der Waals surface area (Å²) in [5, 5.41) is 2.39. The van der Waals surface area contributed by atoms with Gasteiger partial charge in [-0.05, 0) is 6.42 Å². The standard InChI is InChI=1S/C8H15N2O2.CH3.Sc/c1-3-5-10(8(2)12)6-4-9-7-11;;/h3-6H2,1-2H3,(H,9,11);1H3;/q2*-1;. The van der Waals surface area contributed by atoms with Crippen LogP contribution in [0.4, 0.5) is 0 Å². The van der Waals surface area contributed by atoms with Crippen molar-refractivity contribution in [1.82, 2.24) is 10.2 Å².